The molecule has 0 bridgehead atoms. The molecule has 0 saturated carbocycles. The van der Waals surface area contributed by atoms with Gasteiger partial charge in [-0.05, 0) is 19.1 Å². The Morgan fingerprint density at radius 1 is 1.54 bits per heavy atom. The normalized spacial score (nSPS) is 10.6. The lowest BCUT2D eigenvalue weighted by molar-refractivity contribution is 0.772. The van der Waals surface area contributed by atoms with Crippen molar-refractivity contribution >= 4 is 22.9 Å². The topological polar surface area (TPSA) is 17.8 Å². The van der Waals surface area contributed by atoms with E-state index in [9.17, 15) is 0 Å². The van der Waals surface area contributed by atoms with Gasteiger partial charge in [0, 0.05) is 17.3 Å². The van der Waals surface area contributed by atoms with Gasteiger partial charge in [-0.2, -0.15) is 0 Å². The van der Waals surface area contributed by atoms with Crippen molar-refractivity contribution < 1.29 is 0 Å². The first-order valence-electron chi connectivity index (χ1n) is 3.97. The lowest BCUT2D eigenvalue weighted by Crippen LogP contribution is -1.98. The summed E-state index contributed by atoms with van der Waals surface area (Å²) in [4.78, 5) is 5.41. The number of hydrogen-bond acceptors (Lipinski definition) is 2. The number of halogens is 1. The SMILES string of the molecule is Cc1nccn1Cc1ccc(Cl)s1. The van der Waals surface area contributed by atoms with Gasteiger partial charge in [0.05, 0.1) is 10.9 Å². The number of nitrogens with zero attached hydrogens (tertiary/aromatic N) is 2. The van der Waals surface area contributed by atoms with Crippen LogP contribution in [0.5, 0.6) is 0 Å². The third-order valence-electron chi connectivity index (χ3n) is 1.88. The van der Waals surface area contributed by atoms with Crippen LogP contribution in [0, 0.1) is 6.92 Å². The molecule has 68 valence electrons. The van der Waals surface area contributed by atoms with E-state index in [1.165, 1.54) is 4.88 Å². The highest BCUT2D eigenvalue weighted by Crippen LogP contribution is 2.22. The average Bonchev–Trinajstić information content (AvgIpc) is 2.64. The summed E-state index contributed by atoms with van der Waals surface area (Å²) >= 11 is 7.45. The summed E-state index contributed by atoms with van der Waals surface area (Å²) in [7, 11) is 0. The molecule has 2 nitrogen and oxygen atoms in total. The van der Waals surface area contributed by atoms with Crippen LogP contribution >= 0.6 is 22.9 Å². The number of aryl methyl sites for hydroxylation is 1. The van der Waals surface area contributed by atoms with Gasteiger partial charge in [-0.15, -0.1) is 11.3 Å². The number of rotatable bonds is 2. The van der Waals surface area contributed by atoms with Crippen molar-refractivity contribution in [3.05, 3.63) is 39.6 Å². The minimum atomic E-state index is 0.841. The van der Waals surface area contributed by atoms with Crippen LogP contribution in [0.1, 0.15) is 10.7 Å². The average molecular weight is 213 g/mol. The van der Waals surface area contributed by atoms with Gasteiger partial charge >= 0.3 is 0 Å². The van der Waals surface area contributed by atoms with Crippen LogP contribution in [0.4, 0.5) is 0 Å². The molecule has 2 aromatic rings. The van der Waals surface area contributed by atoms with E-state index < -0.39 is 0 Å². The summed E-state index contributed by atoms with van der Waals surface area (Å²) in [5, 5.41) is 0. The van der Waals surface area contributed by atoms with Crippen LogP contribution in [0.2, 0.25) is 4.34 Å². The van der Waals surface area contributed by atoms with Gasteiger partial charge < -0.3 is 4.57 Å². The Morgan fingerprint density at radius 2 is 2.38 bits per heavy atom. The van der Waals surface area contributed by atoms with Crippen LogP contribution in [-0.4, -0.2) is 9.55 Å². The number of hydrogen-bond donors (Lipinski definition) is 0. The van der Waals surface area contributed by atoms with Crippen LogP contribution < -0.4 is 0 Å². The van der Waals surface area contributed by atoms with Crippen molar-refractivity contribution in [1.82, 2.24) is 9.55 Å². The lowest BCUT2D eigenvalue weighted by Gasteiger charge is -2.00. The first kappa shape index (κ1) is 8.78. The molecule has 13 heavy (non-hydrogen) atoms. The van der Waals surface area contributed by atoms with Crippen molar-refractivity contribution in [2.24, 2.45) is 0 Å². The predicted molar refractivity (Wildman–Crippen MR) is 55.4 cm³/mol. The Bertz CT molecular complexity index is 405. The van der Waals surface area contributed by atoms with E-state index in [1.54, 1.807) is 11.3 Å². The van der Waals surface area contributed by atoms with Crippen molar-refractivity contribution in [3.8, 4) is 0 Å². The third kappa shape index (κ3) is 1.92. The van der Waals surface area contributed by atoms with Crippen molar-refractivity contribution in [2.75, 3.05) is 0 Å². The first-order chi connectivity index (χ1) is 6.25. The molecule has 0 aliphatic carbocycles. The maximum Gasteiger partial charge on any atom is 0.105 e. The Labute approximate surface area is 85.8 Å². The van der Waals surface area contributed by atoms with E-state index in [-0.39, 0.29) is 0 Å². The third-order valence-corrected chi connectivity index (χ3v) is 3.09. The quantitative estimate of drug-likeness (QED) is 0.749. The molecular formula is C9H9ClN2S. The van der Waals surface area contributed by atoms with E-state index >= 15 is 0 Å². The molecule has 2 heterocycles. The second-order valence-corrected chi connectivity index (χ2v) is 4.61. The Hall–Kier alpha value is -0.800. The standard InChI is InChI=1S/C9H9ClN2S/c1-7-11-4-5-12(7)6-8-2-3-9(10)13-8/h2-5H,6H2,1H3. The molecule has 0 spiro atoms. The van der Waals surface area contributed by atoms with E-state index in [0.29, 0.717) is 0 Å². The van der Waals surface area contributed by atoms with Crippen molar-refractivity contribution in [3.63, 3.8) is 0 Å². The van der Waals surface area contributed by atoms with E-state index in [2.05, 4.69) is 9.55 Å². The first-order valence-corrected chi connectivity index (χ1v) is 5.17. The molecule has 0 aromatic carbocycles. The summed E-state index contributed by atoms with van der Waals surface area (Å²) in [6.07, 6.45) is 3.79. The molecule has 0 aliphatic heterocycles. The highest BCUT2D eigenvalue weighted by atomic mass is 35.5. The molecule has 0 aliphatic rings. The lowest BCUT2D eigenvalue weighted by atomic mass is 10.4. The van der Waals surface area contributed by atoms with E-state index in [1.807, 2.05) is 31.5 Å². The fraction of sp³-hybridized carbons (Fsp3) is 0.222. The molecule has 0 atom stereocenters. The molecule has 0 fully saturated rings. The largest absolute Gasteiger partial charge is 0.330 e. The molecule has 2 aromatic heterocycles. The van der Waals surface area contributed by atoms with E-state index in [4.69, 9.17) is 11.6 Å². The van der Waals surface area contributed by atoms with E-state index in [0.717, 1.165) is 16.7 Å². The summed E-state index contributed by atoms with van der Waals surface area (Å²) in [6, 6.07) is 3.97. The molecule has 4 heteroatoms. The monoisotopic (exact) mass is 212 g/mol. The fourth-order valence-corrected chi connectivity index (χ4v) is 2.26. The maximum atomic E-state index is 5.83. The van der Waals surface area contributed by atoms with Crippen LogP contribution in [0.25, 0.3) is 0 Å². The molecule has 0 amide bonds. The van der Waals surface area contributed by atoms with Crippen LogP contribution in [0.3, 0.4) is 0 Å². The second kappa shape index (κ2) is 3.52. The number of thiophene rings is 1. The van der Waals surface area contributed by atoms with Crippen molar-refractivity contribution in [1.29, 1.82) is 0 Å². The van der Waals surface area contributed by atoms with Gasteiger partial charge in [-0.1, -0.05) is 11.6 Å². The summed E-state index contributed by atoms with van der Waals surface area (Å²) < 4.78 is 2.94. The Balaban J connectivity index is 2.19. The van der Waals surface area contributed by atoms with Gasteiger partial charge in [0.25, 0.3) is 0 Å². The fourth-order valence-electron chi connectivity index (χ4n) is 1.18. The van der Waals surface area contributed by atoms with Crippen LogP contribution in [-0.2, 0) is 6.54 Å². The highest BCUT2D eigenvalue weighted by Gasteiger charge is 2.00. The Morgan fingerprint density at radius 3 is 2.92 bits per heavy atom. The number of imidazole rings is 1. The zero-order chi connectivity index (χ0) is 9.26. The van der Waals surface area contributed by atoms with Gasteiger partial charge in [-0.25, -0.2) is 4.98 Å². The van der Waals surface area contributed by atoms with Gasteiger partial charge in [-0.3, -0.25) is 0 Å². The zero-order valence-corrected chi connectivity index (χ0v) is 8.77. The molecule has 2 rings (SSSR count). The summed E-state index contributed by atoms with van der Waals surface area (Å²) in [6.45, 7) is 2.86. The molecule has 0 radical (unpaired) electrons. The predicted octanol–water partition coefficient (Wildman–Crippen LogP) is 2.95. The molecule has 0 N–H and O–H groups in total. The summed E-state index contributed by atoms with van der Waals surface area (Å²) in [5.41, 5.74) is 0. The molecule has 0 saturated heterocycles. The van der Waals surface area contributed by atoms with Gasteiger partial charge in [0.15, 0.2) is 0 Å². The minimum Gasteiger partial charge on any atom is -0.330 e. The summed E-state index contributed by atoms with van der Waals surface area (Å²) in [5.74, 6) is 1.03. The van der Waals surface area contributed by atoms with Crippen LogP contribution in [0.15, 0.2) is 24.5 Å². The maximum absolute atomic E-state index is 5.83. The highest BCUT2D eigenvalue weighted by molar-refractivity contribution is 7.16. The zero-order valence-electron chi connectivity index (χ0n) is 7.20. The molecular weight excluding hydrogens is 204 g/mol. The second-order valence-electron chi connectivity index (χ2n) is 2.81. The Kier molecular flexibility index (Phi) is 2.38. The van der Waals surface area contributed by atoms with Gasteiger partial charge in [0.2, 0.25) is 0 Å². The van der Waals surface area contributed by atoms with Gasteiger partial charge in [0.1, 0.15) is 5.82 Å². The molecule has 0 unspecified atom stereocenters. The number of aromatic nitrogens is 2. The van der Waals surface area contributed by atoms with Crippen molar-refractivity contribution in [2.45, 2.75) is 13.5 Å². The minimum absolute atomic E-state index is 0.841. The smallest absolute Gasteiger partial charge is 0.105 e.